The van der Waals surface area contributed by atoms with Crippen LogP contribution in [0.25, 0.3) is 28.1 Å². The van der Waals surface area contributed by atoms with Crippen molar-refractivity contribution in [1.29, 1.82) is 0 Å². The Kier molecular flexibility index (Phi) is 4.16. The van der Waals surface area contributed by atoms with Gasteiger partial charge in [-0.2, -0.15) is 0 Å². The fraction of sp³-hybridized carbons (Fsp3) is 0.190. The van der Waals surface area contributed by atoms with Gasteiger partial charge in [0.15, 0.2) is 0 Å². The Hall–Kier alpha value is -3.06. The molecule has 0 bridgehead atoms. The van der Waals surface area contributed by atoms with Gasteiger partial charge >= 0.3 is 0 Å². The minimum absolute atomic E-state index is 0.0920. The molecule has 0 saturated carbocycles. The molecule has 1 aromatic carbocycles. The molecule has 1 aliphatic rings. The average molecular weight is 392 g/mol. The molecule has 0 radical (unpaired) electrons. The van der Waals surface area contributed by atoms with Crippen LogP contribution < -0.4 is 5.56 Å². The Balaban J connectivity index is 1.47. The van der Waals surface area contributed by atoms with Crippen LogP contribution in [0, 0.1) is 5.82 Å². The summed E-state index contributed by atoms with van der Waals surface area (Å²) in [5, 5.41) is 0.743. The first kappa shape index (κ1) is 17.1. The molecule has 1 N–H and O–H groups in total. The monoisotopic (exact) mass is 392 g/mol. The highest BCUT2D eigenvalue weighted by Gasteiger charge is 2.19. The first-order valence-corrected chi connectivity index (χ1v) is 10.0. The third kappa shape index (κ3) is 2.97. The van der Waals surface area contributed by atoms with Crippen LogP contribution in [0.15, 0.2) is 41.7 Å². The molecule has 0 unspecified atom stereocenters. The Morgan fingerprint density at radius 1 is 1.21 bits per heavy atom. The molecule has 4 aromatic rings. The van der Waals surface area contributed by atoms with Gasteiger partial charge in [-0.15, -0.1) is 11.3 Å². The standard InChI is InChI=1S/C21H17FN4OS/c22-15-11-13(5-7-16(15)26-10-9-23-12-26)6-8-18-24-20(27)19-14-3-1-2-4-17(14)28-21(19)25-18/h5-12H,1-4H2,(H,24,25,27)/b8-6+. The smallest absolute Gasteiger partial charge is 0.260 e. The highest BCUT2D eigenvalue weighted by Crippen LogP contribution is 2.33. The van der Waals surface area contributed by atoms with Gasteiger partial charge in [0.1, 0.15) is 16.5 Å². The maximum absolute atomic E-state index is 14.4. The van der Waals surface area contributed by atoms with Crippen LogP contribution >= 0.6 is 11.3 Å². The van der Waals surface area contributed by atoms with E-state index in [1.165, 1.54) is 22.9 Å². The van der Waals surface area contributed by atoms with E-state index in [4.69, 9.17) is 0 Å². The van der Waals surface area contributed by atoms with Gasteiger partial charge < -0.3 is 9.55 Å². The lowest BCUT2D eigenvalue weighted by Crippen LogP contribution is -2.11. The number of halogens is 1. The molecule has 5 rings (SSSR count). The van der Waals surface area contributed by atoms with Crippen LogP contribution in [-0.2, 0) is 12.8 Å². The second kappa shape index (κ2) is 6.83. The van der Waals surface area contributed by atoms with Gasteiger partial charge in [-0.25, -0.2) is 14.4 Å². The van der Waals surface area contributed by atoms with E-state index in [9.17, 15) is 9.18 Å². The van der Waals surface area contributed by atoms with Crippen molar-refractivity contribution >= 4 is 33.7 Å². The minimum Gasteiger partial charge on any atom is -0.306 e. The zero-order chi connectivity index (χ0) is 19.1. The summed E-state index contributed by atoms with van der Waals surface area (Å²) >= 11 is 1.62. The summed E-state index contributed by atoms with van der Waals surface area (Å²) in [5.74, 6) is 0.137. The maximum atomic E-state index is 14.4. The van der Waals surface area contributed by atoms with Crippen LogP contribution in [0.1, 0.15) is 34.7 Å². The van der Waals surface area contributed by atoms with Crippen molar-refractivity contribution in [3.05, 3.63) is 74.9 Å². The Morgan fingerprint density at radius 3 is 2.93 bits per heavy atom. The molecule has 0 amide bonds. The highest BCUT2D eigenvalue weighted by atomic mass is 32.1. The predicted octanol–water partition coefficient (Wildman–Crippen LogP) is 4.36. The number of hydrogen-bond donors (Lipinski definition) is 1. The Labute approximate surface area is 164 Å². The summed E-state index contributed by atoms with van der Waals surface area (Å²) in [6.45, 7) is 0. The van der Waals surface area contributed by atoms with E-state index >= 15 is 0 Å². The van der Waals surface area contributed by atoms with Crippen LogP contribution in [0.4, 0.5) is 4.39 Å². The van der Waals surface area contributed by atoms with Crippen LogP contribution in [0.3, 0.4) is 0 Å². The van der Waals surface area contributed by atoms with E-state index in [0.717, 1.165) is 29.5 Å². The number of nitrogens with one attached hydrogen (secondary N) is 1. The number of fused-ring (bicyclic) bond motifs is 3. The number of thiophene rings is 1. The van der Waals surface area contributed by atoms with E-state index in [2.05, 4.69) is 15.0 Å². The first-order valence-electron chi connectivity index (χ1n) is 9.19. The van der Waals surface area contributed by atoms with E-state index < -0.39 is 0 Å². The number of aromatic amines is 1. The van der Waals surface area contributed by atoms with E-state index in [-0.39, 0.29) is 11.4 Å². The summed E-state index contributed by atoms with van der Waals surface area (Å²) in [6, 6.07) is 4.96. The van der Waals surface area contributed by atoms with Gasteiger partial charge in [-0.05, 0) is 55.0 Å². The van der Waals surface area contributed by atoms with Crippen molar-refractivity contribution in [3.8, 4) is 5.69 Å². The number of aryl methyl sites for hydroxylation is 2. The lowest BCUT2D eigenvalue weighted by Gasteiger charge is -2.09. The van der Waals surface area contributed by atoms with E-state index in [0.29, 0.717) is 17.1 Å². The van der Waals surface area contributed by atoms with Crippen molar-refractivity contribution in [3.63, 3.8) is 0 Å². The van der Waals surface area contributed by atoms with E-state index in [1.807, 2.05) is 6.07 Å². The Bertz CT molecular complexity index is 1250. The molecule has 28 heavy (non-hydrogen) atoms. The fourth-order valence-electron chi connectivity index (χ4n) is 3.67. The number of rotatable bonds is 3. The number of imidazole rings is 1. The average Bonchev–Trinajstić information content (AvgIpc) is 3.34. The summed E-state index contributed by atoms with van der Waals surface area (Å²) < 4.78 is 16.0. The van der Waals surface area contributed by atoms with E-state index in [1.54, 1.807) is 52.8 Å². The third-order valence-corrected chi connectivity index (χ3v) is 6.22. The van der Waals surface area contributed by atoms with Crippen molar-refractivity contribution in [2.24, 2.45) is 0 Å². The van der Waals surface area contributed by atoms with Gasteiger partial charge in [0, 0.05) is 17.3 Å². The molecule has 0 saturated heterocycles. The number of H-pyrrole nitrogens is 1. The molecule has 0 spiro atoms. The van der Waals surface area contributed by atoms with Crippen LogP contribution in [-0.4, -0.2) is 19.5 Å². The van der Waals surface area contributed by atoms with Gasteiger partial charge in [0.2, 0.25) is 0 Å². The number of benzene rings is 1. The topological polar surface area (TPSA) is 63.6 Å². The van der Waals surface area contributed by atoms with Gasteiger partial charge in [0.05, 0.1) is 17.4 Å². The van der Waals surface area contributed by atoms with Gasteiger partial charge in [0.25, 0.3) is 5.56 Å². The number of aromatic nitrogens is 4. The molecule has 0 atom stereocenters. The number of nitrogens with zero attached hydrogens (tertiary/aromatic N) is 3. The second-order valence-corrected chi connectivity index (χ2v) is 7.94. The molecular weight excluding hydrogens is 375 g/mol. The van der Waals surface area contributed by atoms with Gasteiger partial charge in [-0.1, -0.05) is 12.1 Å². The molecule has 3 aromatic heterocycles. The third-order valence-electron chi connectivity index (χ3n) is 5.03. The maximum Gasteiger partial charge on any atom is 0.260 e. The van der Waals surface area contributed by atoms with Crippen molar-refractivity contribution < 1.29 is 4.39 Å². The van der Waals surface area contributed by atoms with Crippen LogP contribution in [0.5, 0.6) is 0 Å². The predicted molar refractivity (Wildman–Crippen MR) is 109 cm³/mol. The quantitative estimate of drug-likeness (QED) is 0.563. The van der Waals surface area contributed by atoms with Crippen molar-refractivity contribution in [2.75, 3.05) is 0 Å². The highest BCUT2D eigenvalue weighted by molar-refractivity contribution is 7.18. The Morgan fingerprint density at radius 2 is 2.11 bits per heavy atom. The first-order chi connectivity index (χ1) is 13.7. The fourth-order valence-corrected chi connectivity index (χ4v) is 4.94. The molecule has 7 heteroatoms. The molecule has 0 fully saturated rings. The summed E-state index contributed by atoms with van der Waals surface area (Å²) in [7, 11) is 0. The lowest BCUT2D eigenvalue weighted by molar-refractivity contribution is 0.618. The minimum atomic E-state index is -0.344. The molecule has 3 heterocycles. The van der Waals surface area contributed by atoms with Crippen molar-refractivity contribution in [2.45, 2.75) is 25.7 Å². The molecule has 1 aliphatic carbocycles. The molecular formula is C21H17FN4OS. The zero-order valence-electron chi connectivity index (χ0n) is 15.0. The van der Waals surface area contributed by atoms with Gasteiger partial charge in [-0.3, -0.25) is 4.79 Å². The zero-order valence-corrected chi connectivity index (χ0v) is 15.8. The van der Waals surface area contributed by atoms with Crippen molar-refractivity contribution in [1.82, 2.24) is 19.5 Å². The molecule has 5 nitrogen and oxygen atoms in total. The summed E-state index contributed by atoms with van der Waals surface area (Å²) in [6.07, 6.45) is 12.6. The largest absolute Gasteiger partial charge is 0.306 e. The molecule has 0 aliphatic heterocycles. The summed E-state index contributed by atoms with van der Waals surface area (Å²) in [5.41, 5.74) is 2.21. The summed E-state index contributed by atoms with van der Waals surface area (Å²) in [4.78, 5) is 26.1. The van der Waals surface area contributed by atoms with Crippen LogP contribution in [0.2, 0.25) is 0 Å². The SMILES string of the molecule is O=c1[nH]c(/C=C/c2ccc(-n3ccnc3)c(F)c2)nc2sc3c(c12)CCCC3. The second-order valence-electron chi connectivity index (χ2n) is 6.86. The molecule has 140 valence electrons. The lowest BCUT2D eigenvalue weighted by atomic mass is 9.97. The number of hydrogen-bond acceptors (Lipinski definition) is 4. The normalized spacial score (nSPS) is 14.0.